The molecule has 1 nitrogen and oxygen atoms in total. The van der Waals surface area contributed by atoms with Gasteiger partial charge in [0.25, 0.3) is 0 Å². The molecule has 3 heteroatoms. The number of hydrogen-bond acceptors (Lipinski definition) is 1. The molecule has 0 saturated heterocycles. The van der Waals surface area contributed by atoms with Crippen LogP contribution in [0, 0.1) is 0 Å². The molecule has 0 fully saturated rings. The smallest absolute Gasteiger partial charge is 0.143 e. The highest BCUT2D eigenvalue weighted by atomic mass is 79.9. The summed E-state index contributed by atoms with van der Waals surface area (Å²) in [6, 6.07) is 7.52. The molecule has 0 aromatic heterocycles. The lowest BCUT2D eigenvalue weighted by atomic mass is 10.1. The van der Waals surface area contributed by atoms with E-state index in [0.717, 1.165) is 10.6 Å². The minimum atomic E-state index is -0.0892. The van der Waals surface area contributed by atoms with Crippen molar-refractivity contribution in [3.05, 3.63) is 34.9 Å². The Morgan fingerprint density at radius 1 is 1.46 bits per heavy atom. The van der Waals surface area contributed by atoms with Crippen molar-refractivity contribution in [2.75, 3.05) is 0 Å². The van der Waals surface area contributed by atoms with Crippen molar-refractivity contribution >= 4 is 33.3 Å². The number of ketones is 1. The van der Waals surface area contributed by atoms with Gasteiger partial charge >= 0.3 is 0 Å². The van der Waals surface area contributed by atoms with Crippen LogP contribution < -0.4 is 0 Å². The van der Waals surface area contributed by atoms with Crippen molar-refractivity contribution < 1.29 is 4.79 Å². The Hall–Kier alpha value is -0.340. The number of rotatable bonds is 3. The first kappa shape index (κ1) is 10.7. The number of carbonyl (C=O) groups is 1. The first-order valence-corrected chi connectivity index (χ1v) is 5.28. The molecule has 0 saturated carbocycles. The van der Waals surface area contributed by atoms with Gasteiger partial charge in [0.1, 0.15) is 5.78 Å². The van der Waals surface area contributed by atoms with Crippen molar-refractivity contribution in [1.29, 1.82) is 0 Å². The summed E-state index contributed by atoms with van der Waals surface area (Å²) in [6.07, 6.45) is 0.715. The number of benzene rings is 1. The molecular formula is C10H10BrClO. The quantitative estimate of drug-likeness (QED) is 0.764. The van der Waals surface area contributed by atoms with Crippen LogP contribution in [0.4, 0.5) is 0 Å². The standard InChI is InChI=1S/C10H10BrClO/c1-7(13)10(11)6-8-2-4-9(12)5-3-8/h2-5,10H,6H2,1H3/t10-/m0/s1. The Kier molecular flexibility index (Phi) is 3.94. The van der Waals surface area contributed by atoms with Crippen molar-refractivity contribution in [2.45, 2.75) is 18.2 Å². The Morgan fingerprint density at radius 3 is 2.46 bits per heavy atom. The lowest BCUT2D eigenvalue weighted by Crippen LogP contribution is -2.12. The lowest BCUT2D eigenvalue weighted by molar-refractivity contribution is -0.116. The van der Waals surface area contributed by atoms with Gasteiger partial charge < -0.3 is 0 Å². The van der Waals surface area contributed by atoms with Crippen molar-refractivity contribution in [1.82, 2.24) is 0 Å². The first-order valence-electron chi connectivity index (χ1n) is 3.98. The summed E-state index contributed by atoms with van der Waals surface area (Å²) in [5, 5.41) is 0.720. The third-order valence-electron chi connectivity index (χ3n) is 1.77. The highest BCUT2D eigenvalue weighted by molar-refractivity contribution is 9.10. The Bertz CT molecular complexity index is 294. The summed E-state index contributed by atoms with van der Waals surface area (Å²) in [5.74, 6) is 0.148. The predicted molar refractivity (Wildman–Crippen MR) is 58.6 cm³/mol. The largest absolute Gasteiger partial charge is 0.299 e. The molecule has 0 unspecified atom stereocenters. The van der Waals surface area contributed by atoms with Crippen molar-refractivity contribution in [3.63, 3.8) is 0 Å². The molecule has 1 rings (SSSR count). The van der Waals surface area contributed by atoms with E-state index in [9.17, 15) is 4.79 Å². The zero-order valence-electron chi connectivity index (χ0n) is 7.26. The maximum atomic E-state index is 10.9. The minimum absolute atomic E-state index is 0.0892. The predicted octanol–water partition coefficient (Wildman–Crippen LogP) is 3.24. The molecule has 0 aliphatic rings. The van der Waals surface area contributed by atoms with Crippen LogP contribution in [0.15, 0.2) is 24.3 Å². The van der Waals surface area contributed by atoms with Gasteiger partial charge in [-0.15, -0.1) is 0 Å². The summed E-state index contributed by atoms with van der Waals surface area (Å²) >= 11 is 9.05. The highest BCUT2D eigenvalue weighted by Gasteiger charge is 2.09. The van der Waals surface area contributed by atoms with E-state index >= 15 is 0 Å². The summed E-state index contributed by atoms with van der Waals surface area (Å²) in [5.41, 5.74) is 1.11. The maximum absolute atomic E-state index is 10.9. The molecule has 0 radical (unpaired) electrons. The normalized spacial score (nSPS) is 12.5. The van der Waals surface area contributed by atoms with E-state index in [1.165, 1.54) is 0 Å². The molecule has 0 spiro atoms. The second kappa shape index (κ2) is 4.77. The SMILES string of the molecule is CC(=O)[C@@H](Br)Cc1ccc(Cl)cc1. The summed E-state index contributed by atoms with van der Waals surface area (Å²) < 4.78 is 0. The molecule has 13 heavy (non-hydrogen) atoms. The molecule has 70 valence electrons. The summed E-state index contributed by atoms with van der Waals surface area (Å²) in [7, 11) is 0. The molecule has 0 amide bonds. The van der Waals surface area contributed by atoms with Gasteiger partial charge in [-0.05, 0) is 31.0 Å². The summed E-state index contributed by atoms with van der Waals surface area (Å²) in [6.45, 7) is 1.58. The average Bonchev–Trinajstić information content (AvgIpc) is 2.08. The number of Topliss-reactive ketones (excluding diaryl/α,β-unsaturated/α-hetero) is 1. The van der Waals surface area contributed by atoms with Gasteiger partial charge in [0.15, 0.2) is 0 Å². The third kappa shape index (κ3) is 3.49. The minimum Gasteiger partial charge on any atom is -0.299 e. The zero-order chi connectivity index (χ0) is 9.84. The van der Waals surface area contributed by atoms with Crippen LogP contribution in [0.2, 0.25) is 5.02 Å². The Balaban J connectivity index is 2.64. The van der Waals surface area contributed by atoms with E-state index in [2.05, 4.69) is 15.9 Å². The van der Waals surface area contributed by atoms with Gasteiger partial charge in [0.05, 0.1) is 4.83 Å². The van der Waals surface area contributed by atoms with E-state index in [0.29, 0.717) is 6.42 Å². The van der Waals surface area contributed by atoms with Crippen LogP contribution in [-0.4, -0.2) is 10.6 Å². The second-order valence-electron chi connectivity index (χ2n) is 2.91. The Labute approximate surface area is 91.2 Å². The Morgan fingerprint density at radius 2 is 2.00 bits per heavy atom. The van der Waals surface area contributed by atoms with Crippen LogP contribution in [-0.2, 0) is 11.2 Å². The number of halogens is 2. The zero-order valence-corrected chi connectivity index (χ0v) is 9.60. The molecule has 0 bridgehead atoms. The van der Waals surface area contributed by atoms with Gasteiger partial charge in [0, 0.05) is 5.02 Å². The number of alkyl halides is 1. The van der Waals surface area contributed by atoms with Gasteiger partial charge in [-0.25, -0.2) is 0 Å². The van der Waals surface area contributed by atoms with Crippen LogP contribution in [0.1, 0.15) is 12.5 Å². The maximum Gasteiger partial charge on any atom is 0.143 e. The van der Waals surface area contributed by atoms with Gasteiger partial charge in [0.2, 0.25) is 0 Å². The van der Waals surface area contributed by atoms with Crippen LogP contribution in [0.5, 0.6) is 0 Å². The molecule has 1 atom stereocenters. The second-order valence-corrected chi connectivity index (χ2v) is 4.45. The van der Waals surface area contributed by atoms with Crippen molar-refractivity contribution in [2.24, 2.45) is 0 Å². The fourth-order valence-electron chi connectivity index (χ4n) is 0.971. The van der Waals surface area contributed by atoms with Crippen molar-refractivity contribution in [3.8, 4) is 0 Å². The van der Waals surface area contributed by atoms with Gasteiger partial charge in [-0.1, -0.05) is 39.7 Å². The number of hydrogen-bond donors (Lipinski definition) is 0. The van der Waals surface area contributed by atoms with Crippen LogP contribution >= 0.6 is 27.5 Å². The third-order valence-corrected chi connectivity index (χ3v) is 2.99. The molecule has 1 aromatic carbocycles. The molecule has 0 heterocycles. The van der Waals surface area contributed by atoms with Gasteiger partial charge in [-0.2, -0.15) is 0 Å². The van der Waals surface area contributed by atoms with Crippen LogP contribution in [0.3, 0.4) is 0 Å². The fourth-order valence-corrected chi connectivity index (χ4v) is 1.47. The monoisotopic (exact) mass is 260 g/mol. The van der Waals surface area contributed by atoms with E-state index in [1.807, 2.05) is 24.3 Å². The summed E-state index contributed by atoms with van der Waals surface area (Å²) in [4.78, 5) is 10.9. The first-order chi connectivity index (χ1) is 6.09. The number of carbonyl (C=O) groups excluding carboxylic acids is 1. The highest BCUT2D eigenvalue weighted by Crippen LogP contribution is 2.14. The lowest BCUT2D eigenvalue weighted by Gasteiger charge is -2.05. The van der Waals surface area contributed by atoms with E-state index in [-0.39, 0.29) is 10.6 Å². The van der Waals surface area contributed by atoms with E-state index in [1.54, 1.807) is 6.92 Å². The molecule has 0 aliphatic carbocycles. The van der Waals surface area contributed by atoms with Crippen LogP contribution in [0.25, 0.3) is 0 Å². The van der Waals surface area contributed by atoms with E-state index in [4.69, 9.17) is 11.6 Å². The molecule has 0 aliphatic heterocycles. The molecule has 0 N–H and O–H groups in total. The van der Waals surface area contributed by atoms with E-state index < -0.39 is 0 Å². The fraction of sp³-hybridized carbons (Fsp3) is 0.300. The molecule has 1 aromatic rings. The topological polar surface area (TPSA) is 17.1 Å². The average molecular weight is 262 g/mol. The van der Waals surface area contributed by atoms with Gasteiger partial charge in [-0.3, -0.25) is 4.79 Å². The molecular weight excluding hydrogens is 251 g/mol.